The van der Waals surface area contributed by atoms with E-state index >= 15 is 0 Å². The smallest absolute Gasteiger partial charge is 0.305 e. The Morgan fingerprint density at radius 2 is 0.564 bits per heavy atom. The number of aliphatic carboxylic acids is 2. The second-order valence-corrected chi connectivity index (χ2v) is 22.2. The molecule has 0 rings (SSSR count). The predicted molar refractivity (Wildman–Crippen MR) is 320 cm³/mol. The van der Waals surface area contributed by atoms with Crippen LogP contribution in [-0.4, -0.2) is 120 Å². The van der Waals surface area contributed by atoms with Crippen molar-refractivity contribution in [2.24, 2.45) is 0 Å². The third-order valence-corrected chi connectivity index (χ3v) is 14.3. The number of ketones is 1. The first-order valence-electron chi connectivity index (χ1n) is 32.4. The van der Waals surface area contributed by atoms with Gasteiger partial charge in [0.2, 0.25) is 0 Å². The molecule has 0 amide bonds. The first kappa shape index (κ1) is 82.3. The van der Waals surface area contributed by atoms with Gasteiger partial charge in [0.15, 0.2) is 5.78 Å². The number of carboxylic acids is 2. The van der Waals surface area contributed by atoms with Crippen molar-refractivity contribution >= 4 is 23.7 Å². The third-order valence-electron chi connectivity index (χ3n) is 14.3. The Morgan fingerprint density at radius 3 is 0.769 bits per heavy atom. The first-order valence-corrected chi connectivity index (χ1v) is 32.4. The summed E-state index contributed by atoms with van der Waals surface area (Å²) in [5.74, 6) is -2.31. The van der Waals surface area contributed by atoms with Crippen molar-refractivity contribution in [1.29, 1.82) is 0 Å². The van der Waals surface area contributed by atoms with Crippen molar-refractivity contribution in [3.63, 3.8) is 0 Å². The fourth-order valence-corrected chi connectivity index (χ4v) is 9.01. The maximum absolute atomic E-state index is 11.4. The van der Waals surface area contributed by atoms with Gasteiger partial charge in [-0.1, -0.05) is 290 Å². The summed E-state index contributed by atoms with van der Waals surface area (Å²) in [6, 6.07) is 0. The summed E-state index contributed by atoms with van der Waals surface area (Å²) < 4.78 is 4.86. The molecule has 468 valence electrons. The van der Waals surface area contributed by atoms with Gasteiger partial charge in [-0.25, -0.2) is 0 Å². The van der Waals surface area contributed by atoms with Crippen LogP contribution in [0.4, 0.5) is 0 Å². The molecule has 5 atom stereocenters. The number of hydrogen-bond acceptors (Lipinski definition) is 12. The van der Waals surface area contributed by atoms with Gasteiger partial charge in [-0.2, -0.15) is 0 Å². The molecule has 9 N–H and O–H groups in total. The fourth-order valence-electron chi connectivity index (χ4n) is 9.01. The van der Waals surface area contributed by atoms with E-state index in [0.717, 1.165) is 45.4 Å². The van der Waals surface area contributed by atoms with Crippen LogP contribution in [0.15, 0.2) is 0 Å². The van der Waals surface area contributed by atoms with E-state index in [1.807, 2.05) is 0 Å². The van der Waals surface area contributed by atoms with Gasteiger partial charge in [-0.15, -0.1) is 0 Å². The summed E-state index contributed by atoms with van der Waals surface area (Å²) in [5.41, 5.74) is 0. The van der Waals surface area contributed by atoms with E-state index in [-0.39, 0.29) is 19.2 Å². The van der Waals surface area contributed by atoms with E-state index in [2.05, 4.69) is 20.8 Å². The van der Waals surface area contributed by atoms with Gasteiger partial charge in [-0.05, 0) is 26.2 Å². The summed E-state index contributed by atoms with van der Waals surface area (Å²) in [7, 11) is 0. The zero-order valence-corrected chi connectivity index (χ0v) is 51.0. The Morgan fingerprint density at radius 1 is 0.333 bits per heavy atom. The molecule has 0 fully saturated rings. The molecule has 0 saturated heterocycles. The van der Waals surface area contributed by atoms with Gasteiger partial charge >= 0.3 is 17.9 Å². The van der Waals surface area contributed by atoms with Crippen molar-refractivity contribution in [3.8, 4) is 0 Å². The van der Waals surface area contributed by atoms with Gasteiger partial charge in [0.1, 0.15) is 37.1 Å². The molecule has 0 saturated carbocycles. The van der Waals surface area contributed by atoms with E-state index in [9.17, 15) is 19.2 Å². The summed E-state index contributed by atoms with van der Waals surface area (Å²) in [6.07, 6.45) is 52.6. The Bertz CT molecular complexity index is 1180. The Hall–Kier alpha value is -2.20. The number of ether oxygens (including phenoxy) is 1. The van der Waals surface area contributed by atoms with Crippen LogP contribution in [0, 0.1) is 0 Å². The van der Waals surface area contributed by atoms with Crippen molar-refractivity contribution in [3.05, 3.63) is 0 Å². The highest BCUT2D eigenvalue weighted by Gasteiger charge is 2.32. The quantitative estimate of drug-likeness (QED) is 0.0203. The summed E-state index contributed by atoms with van der Waals surface area (Å²) in [4.78, 5) is 42.6. The topological polar surface area (TPSA) is 260 Å². The molecule has 14 nitrogen and oxygen atoms in total. The predicted octanol–water partition coefficient (Wildman–Crippen LogP) is 14.8. The molecule has 14 heteroatoms. The number of Topliss-reactive ketones (excluding diaryl/α,β-unsaturated/α-hetero) is 1. The number of hydrogen-bond donors (Lipinski definition) is 9. The average molecular weight is 1120 g/mol. The Balaban J connectivity index is -0.000000478. The lowest BCUT2D eigenvalue weighted by molar-refractivity contribution is -0.147. The van der Waals surface area contributed by atoms with Crippen molar-refractivity contribution in [2.45, 2.75) is 366 Å². The number of carboxylic acid groups (broad SMARTS) is 2. The number of unbranched alkanes of at least 4 members (excludes halogenated alkanes) is 42. The summed E-state index contributed by atoms with van der Waals surface area (Å²) >= 11 is 0. The average Bonchev–Trinajstić information content (AvgIpc) is 3.42. The van der Waals surface area contributed by atoms with Crippen LogP contribution in [0.2, 0.25) is 0 Å². The molecular formula is C64H128O14. The van der Waals surface area contributed by atoms with Gasteiger partial charge in [0, 0.05) is 19.3 Å². The molecule has 0 spiro atoms. The molecule has 0 aromatic heterocycles. The van der Waals surface area contributed by atoms with Crippen molar-refractivity contribution in [2.75, 3.05) is 19.8 Å². The van der Waals surface area contributed by atoms with E-state index in [1.165, 1.54) is 250 Å². The largest absolute Gasteiger partial charge is 0.481 e. The highest BCUT2D eigenvalue weighted by molar-refractivity contribution is 5.80. The van der Waals surface area contributed by atoms with Crippen LogP contribution in [0.25, 0.3) is 0 Å². The van der Waals surface area contributed by atoms with E-state index < -0.39 is 54.8 Å². The molecule has 0 radical (unpaired) electrons. The van der Waals surface area contributed by atoms with Crippen LogP contribution in [0.5, 0.6) is 0 Å². The van der Waals surface area contributed by atoms with Crippen molar-refractivity contribution in [1.82, 2.24) is 0 Å². The lowest BCUT2D eigenvalue weighted by Gasteiger charge is -2.23. The normalized spacial score (nSPS) is 12.9. The highest BCUT2D eigenvalue weighted by atomic mass is 16.5. The second-order valence-electron chi connectivity index (χ2n) is 22.2. The highest BCUT2D eigenvalue weighted by Crippen LogP contribution is 2.17. The lowest BCUT2D eigenvalue weighted by Crippen LogP contribution is -2.48. The molecule has 0 bridgehead atoms. The van der Waals surface area contributed by atoms with Crippen LogP contribution in [-0.2, 0) is 23.9 Å². The zero-order valence-electron chi connectivity index (χ0n) is 51.0. The van der Waals surface area contributed by atoms with Gasteiger partial charge in [0.25, 0.3) is 0 Å². The number of carbonyl (C=O) groups excluding carboxylic acids is 2. The monoisotopic (exact) mass is 1120 g/mol. The Labute approximate surface area is 478 Å². The minimum Gasteiger partial charge on any atom is -0.481 e. The maximum Gasteiger partial charge on any atom is 0.305 e. The number of esters is 1. The molecule has 1 unspecified atom stereocenters. The molecule has 0 aliphatic rings. The molecule has 0 aliphatic heterocycles. The first-order chi connectivity index (χ1) is 37.7. The SMILES string of the molecule is CC(=O)[C@H](O)[C@@H](O)[C@H](O)[C@H](O)CO.CCCCCCCCCCCCCCCCCC(=O)O.CCCCCCCCCCCCCCCCCC(=O)O.CCCCCCCCCCCCCCCCCC(=O)OCC(O)CO. The minimum absolute atomic E-state index is 0.103. The van der Waals surface area contributed by atoms with E-state index in [1.54, 1.807) is 0 Å². The zero-order chi connectivity index (χ0) is 59.0. The van der Waals surface area contributed by atoms with E-state index in [4.69, 9.17) is 50.7 Å². The van der Waals surface area contributed by atoms with Gasteiger partial charge < -0.3 is 50.7 Å². The maximum atomic E-state index is 11.4. The van der Waals surface area contributed by atoms with Crippen LogP contribution >= 0.6 is 0 Å². The van der Waals surface area contributed by atoms with Gasteiger partial charge in [-0.3, -0.25) is 19.2 Å². The summed E-state index contributed by atoms with van der Waals surface area (Å²) in [5, 5.41) is 79.0. The molecular weight excluding hydrogens is 993 g/mol. The third kappa shape index (κ3) is 71.8. The number of aliphatic hydroxyl groups excluding tert-OH is 7. The fraction of sp³-hybridized carbons (Fsp3) is 0.938. The molecule has 78 heavy (non-hydrogen) atoms. The van der Waals surface area contributed by atoms with Crippen LogP contribution in [0.3, 0.4) is 0 Å². The van der Waals surface area contributed by atoms with E-state index in [0.29, 0.717) is 19.3 Å². The summed E-state index contributed by atoms with van der Waals surface area (Å²) in [6.45, 7) is 6.61. The molecule has 0 aromatic carbocycles. The minimum atomic E-state index is -1.79. The van der Waals surface area contributed by atoms with Gasteiger partial charge in [0.05, 0.1) is 13.2 Å². The number of carbonyl (C=O) groups is 4. The molecule has 0 aliphatic carbocycles. The number of rotatable bonds is 56. The van der Waals surface area contributed by atoms with Crippen molar-refractivity contribution < 1.29 is 69.9 Å². The number of aliphatic hydroxyl groups is 7. The van der Waals surface area contributed by atoms with Crippen LogP contribution < -0.4 is 0 Å². The molecule has 0 heterocycles. The van der Waals surface area contributed by atoms with Crippen LogP contribution in [0.1, 0.15) is 336 Å². The standard InChI is InChI=1S/C21H42O4.2C18H36O2.C7H14O6/c1-2-3-4-5-6-7-8-9-10-11-12-13-14-15-16-17-21(24)25-19-20(23)18-22;2*1-2-3-4-5-6-7-8-9-10-11-12-13-14-15-16-17-18(19)20;1-3(9)5(11)7(13)6(12)4(10)2-8/h20,22-23H,2-19H2,1H3;2*2-17H2,1H3,(H,19,20);4-8,10-13H,2H2,1H3/t;;;4-,5+,6-,7-/m...1/s1. The lowest BCUT2D eigenvalue weighted by atomic mass is 10.0. The second kappa shape index (κ2) is 69.1. The Kier molecular flexibility index (Phi) is 72.8. The molecule has 0 aromatic rings.